The first kappa shape index (κ1) is 36.3. The Morgan fingerprint density at radius 2 is 1.11 bits per heavy atom. The molecule has 0 saturated heterocycles. The molecular weight excluding hydrogens is 676 g/mol. The standard InChI is InChI=1S/C38H40N10O5/c1-25-7-5-8-26(2)35(25)39-33(49)23-47-38(42-44-46-47)30-13-17-32(18-14-30)53-22-20-51-19-21-52-31-15-11-29(12-16-31)37-41-45-48(43-37)24-34(50)40-36-27(3)9-6-10-28(36)4/h5-18H,19-24H2,1-4H3,(H,39,49)(H,40,50). The smallest absolute Gasteiger partial charge is 0.248 e. The highest BCUT2D eigenvalue weighted by Crippen LogP contribution is 2.23. The third-order valence-corrected chi connectivity index (χ3v) is 8.27. The molecule has 272 valence electrons. The van der Waals surface area contributed by atoms with E-state index in [0.29, 0.717) is 49.6 Å². The largest absolute Gasteiger partial charge is 0.491 e. The molecule has 2 aromatic heterocycles. The van der Waals surface area contributed by atoms with Gasteiger partial charge in [-0.1, -0.05) is 36.4 Å². The van der Waals surface area contributed by atoms with E-state index in [0.717, 1.165) is 44.8 Å². The number of hydrogen-bond donors (Lipinski definition) is 2. The average Bonchev–Trinajstić information content (AvgIpc) is 3.81. The van der Waals surface area contributed by atoms with E-state index in [1.165, 1.54) is 9.48 Å². The summed E-state index contributed by atoms with van der Waals surface area (Å²) in [6, 6.07) is 26.3. The van der Waals surface area contributed by atoms with E-state index in [9.17, 15) is 9.59 Å². The molecule has 2 amide bonds. The molecule has 0 aliphatic carbocycles. The third kappa shape index (κ3) is 9.65. The van der Waals surface area contributed by atoms with Gasteiger partial charge in [-0.2, -0.15) is 4.80 Å². The van der Waals surface area contributed by atoms with Crippen molar-refractivity contribution in [3.05, 3.63) is 107 Å². The van der Waals surface area contributed by atoms with Gasteiger partial charge < -0.3 is 24.8 Å². The van der Waals surface area contributed by atoms with Crippen LogP contribution in [0.1, 0.15) is 22.3 Å². The highest BCUT2D eigenvalue weighted by atomic mass is 16.5. The summed E-state index contributed by atoms with van der Waals surface area (Å²) in [6.45, 7) is 9.18. The Morgan fingerprint density at radius 1 is 0.604 bits per heavy atom. The van der Waals surface area contributed by atoms with E-state index >= 15 is 0 Å². The van der Waals surface area contributed by atoms with Crippen molar-refractivity contribution in [2.24, 2.45) is 0 Å². The maximum Gasteiger partial charge on any atom is 0.248 e. The lowest BCUT2D eigenvalue weighted by Gasteiger charge is -2.12. The van der Waals surface area contributed by atoms with Crippen LogP contribution in [-0.4, -0.2) is 78.7 Å². The molecule has 6 rings (SSSR count). The molecule has 0 spiro atoms. The molecule has 0 unspecified atom stereocenters. The molecule has 0 fully saturated rings. The Hall–Kier alpha value is -6.48. The number of tetrazole rings is 2. The summed E-state index contributed by atoms with van der Waals surface area (Å²) in [5.74, 6) is 1.76. The van der Waals surface area contributed by atoms with E-state index in [4.69, 9.17) is 14.2 Å². The summed E-state index contributed by atoms with van der Waals surface area (Å²) in [4.78, 5) is 26.6. The van der Waals surface area contributed by atoms with Crippen molar-refractivity contribution < 1.29 is 23.8 Å². The molecule has 0 atom stereocenters. The van der Waals surface area contributed by atoms with Crippen molar-refractivity contribution in [3.63, 3.8) is 0 Å². The summed E-state index contributed by atoms with van der Waals surface area (Å²) in [7, 11) is 0. The second-order valence-electron chi connectivity index (χ2n) is 12.3. The Morgan fingerprint density at radius 3 is 1.66 bits per heavy atom. The van der Waals surface area contributed by atoms with Gasteiger partial charge in [0, 0.05) is 22.5 Å². The minimum Gasteiger partial charge on any atom is -0.491 e. The number of hydrogen-bond acceptors (Lipinski definition) is 11. The number of ether oxygens (including phenoxy) is 3. The number of aryl methyl sites for hydroxylation is 4. The van der Waals surface area contributed by atoms with Gasteiger partial charge in [-0.05, 0) is 114 Å². The van der Waals surface area contributed by atoms with E-state index in [2.05, 4.69) is 41.6 Å². The maximum absolute atomic E-state index is 12.8. The van der Waals surface area contributed by atoms with Gasteiger partial charge in [0.25, 0.3) is 0 Å². The summed E-state index contributed by atoms with van der Waals surface area (Å²) in [5, 5.41) is 30.2. The average molecular weight is 717 g/mol. The van der Waals surface area contributed by atoms with Gasteiger partial charge >= 0.3 is 0 Å². The predicted octanol–water partition coefficient (Wildman–Crippen LogP) is 4.98. The summed E-state index contributed by atoms with van der Waals surface area (Å²) < 4.78 is 18.7. The molecule has 2 heterocycles. The molecule has 53 heavy (non-hydrogen) atoms. The van der Waals surface area contributed by atoms with Gasteiger partial charge in [-0.25, -0.2) is 4.68 Å². The first-order chi connectivity index (χ1) is 25.7. The zero-order valence-corrected chi connectivity index (χ0v) is 29.9. The quantitative estimate of drug-likeness (QED) is 0.129. The number of benzene rings is 4. The first-order valence-electron chi connectivity index (χ1n) is 17.0. The van der Waals surface area contributed by atoms with Crippen LogP contribution in [0.5, 0.6) is 11.5 Å². The minimum absolute atomic E-state index is 0.0275. The van der Waals surface area contributed by atoms with Crippen molar-refractivity contribution in [2.45, 2.75) is 40.8 Å². The number of carbonyl (C=O) groups is 2. The Labute approximate surface area is 306 Å². The van der Waals surface area contributed by atoms with Crippen LogP contribution >= 0.6 is 0 Å². The van der Waals surface area contributed by atoms with Crippen molar-refractivity contribution in [2.75, 3.05) is 37.1 Å². The Bertz CT molecular complexity index is 2120. The number of aromatic nitrogens is 8. The normalized spacial score (nSPS) is 10.9. The van der Waals surface area contributed by atoms with Crippen LogP contribution in [0.3, 0.4) is 0 Å². The lowest BCUT2D eigenvalue weighted by molar-refractivity contribution is -0.117. The molecule has 0 aliphatic heterocycles. The van der Waals surface area contributed by atoms with E-state index in [-0.39, 0.29) is 24.9 Å². The molecule has 15 nitrogen and oxygen atoms in total. The lowest BCUT2D eigenvalue weighted by atomic mass is 10.1. The molecule has 15 heteroatoms. The summed E-state index contributed by atoms with van der Waals surface area (Å²) in [6.07, 6.45) is 0. The van der Waals surface area contributed by atoms with Crippen molar-refractivity contribution in [1.29, 1.82) is 0 Å². The van der Waals surface area contributed by atoms with Gasteiger partial charge in [0.2, 0.25) is 17.6 Å². The van der Waals surface area contributed by atoms with Crippen LogP contribution < -0.4 is 20.1 Å². The zero-order chi connectivity index (χ0) is 37.2. The number of carbonyl (C=O) groups excluding carboxylic acids is 2. The fraction of sp³-hybridized carbons (Fsp3) is 0.263. The second kappa shape index (κ2) is 17.2. The molecular formula is C38H40N10O5. The van der Waals surface area contributed by atoms with Crippen LogP contribution in [0.15, 0.2) is 84.9 Å². The van der Waals surface area contributed by atoms with Crippen molar-refractivity contribution in [3.8, 4) is 34.3 Å². The maximum atomic E-state index is 12.8. The van der Waals surface area contributed by atoms with Gasteiger partial charge in [0.1, 0.15) is 37.8 Å². The van der Waals surface area contributed by atoms with Gasteiger partial charge in [0.15, 0.2) is 5.82 Å². The molecule has 4 aromatic carbocycles. The molecule has 6 aromatic rings. The van der Waals surface area contributed by atoms with Crippen LogP contribution in [0, 0.1) is 27.7 Å². The fourth-order valence-electron chi connectivity index (χ4n) is 5.53. The van der Waals surface area contributed by atoms with E-state index < -0.39 is 0 Å². The number of nitrogens with one attached hydrogen (secondary N) is 2. The highest BCUT2D eigenvalue weighted by molar-refractivity contribution is 5.93. The molecule has 2 N–H and O–H groups in total. The third-order valence-electron chi connectivity index (χ3n) is 8.27. The fourth-order valence-corrected chi connectivity index (χ4v) is 5.53. The molecule has 0 radical (unpaired) electrons. The Kier molecular flexibility index (Phi) is 11.8. The van der Waals surface area contributed by atoms with Crippen LogP contribution in [0.4, 0.5) is 11.4 Å². The molecule has 0 bridgehead atoms. The topological polar surface area (TPSA) is 173 Å². The number of nitrogens with zero attached hydrogens (tertiary/aromatic N) is 8. The summed E-state index contributed by atoms with van der Waals surface area (Å²) in [5.41, 5.74) is 7.03. The monoisotopic (exact) mass is 716 g/mol. The van der Waals surface area contributed by atoms with E-state index in [1.54, 1.807) is 0 Å². The van der Waals surface area contributed by atoms with Gasteiger partial charge in [0.05, 0.1) is 13.2 Å². The molecule has 0 aliphatic rings. The van der Waals surface area contributed by atoms with E-state index in [1.807, 2.05) is 113 Å². The minimum atomic E-state index is -0.233. The van der Waals surface area contributed by atoms with Crippen LogP contribution in [0.2, 0.25) is 0 Å². The van der Waals surface area contributed by atoms with Gasteiger partial charge in [-0.3, -0.25) is 9.59 Å². The second-order valence-corrected chi connectivity index (χ2v) is 12.3. The highest BCUT2D eigenvalue weighted by Gasteiger charge is 2.15. The zero-order valence-electron chi connectivity index (χ0n) is 29.9. The predicted molar refractivity (Wildman–Crippen MR) is 197 cm³/mol. The van der Waals surface area contributed by atoms with Crippen molar-refractivity contribution >= 4 is 23.2 Å². The lowest BCUT2D eigenvalue weighted by Crippen LogP contribution is -2.21. The number of rotatable bonds is 16. The Balaban J connectivity index is 0.878. The van der Waals surface area contributed by atoms with Crippen molar-refractivity contribution in [1.82, 2.24) is 40.4 Å². The summed E-state index contributed by atoms with van der Waals surface area (Å²) >= 11 is 0. The first-order valence-corrected chi connectivity index (χ1v) is 17.0. The van der Waals surface area contributed by atoms with Crippen LogP contribution in [-0.2, 0) is 27.4 Å². The van der Waals surface area contributed by atoms with Gasteiger partial charge in [-0.15, -0.1) is 15.3 Å². The molecule has 0 saturated carbocycles. The SMILES string of the molecule is Cc1cccc(C)c1NC(=O)Cn1nnc(-c2ccc(OCCOCCOc3ccc(-c4nnnn4CC(=O)Nc4c(C)cccc4C)cc3)cc2)n1. The number of amides is 2. The van der Waals surface area contributed by atoms with Crippen LogP contribution in [0.25, 0.3) is 22.8 Å². The number of para-hydroxylation sites is 2. The number of anilines is 2.